The van der Waals surface area contributed by atoms with E-state index >= 15 is 0 Å². The number of benzene rings is 2. The van der Waals surface area contributed by atoms with Crippen LogP contribution in [-0.2, 0) is 14.8 Å². The maximum atomic E-state index is 12.5. The van der Waals surface area contributed by atoms with Crippen LogP contribution in [0.4, 0.5) is 5.69 Å². The molecule has 0 aliphatic heterocycles. The average molecular weight is 383 g/mol. The van der Waals surface area contributed by atoms with Gasteiger partial charge in [-0.05, 0) is 37.3 Å². The Kier molecular flexibility index (Phi) is 6.05. The summed E-state index contributed by atoms with van der Waals surface area (Å²) in [6.07, 6.45) is 0. The summed E-state index contributed by atoms with van der Waals surface area (Å²) in [5.74, 6) is -0.0689. The zero-order chi connectivity index (χ0) is 18.6. The highest BCUT2D eigenvalue weighted by Crippen LogP contribution is 2.27. The highest BCUT2D eigenvalue weighted by Gasteiger charge is 2.23. The number of hydrogen-bond donors (Lipinski definition) is 1. The van der Waals surface area contributed by atoms with E-state index in [2.05, 4.69) is 5.32 Å². The Hall–Kier alpha value is -2.09. The lowest BCUT2D eigenvalue weighted by Gasteiger charge is -2.17. The van der Waals surface area contributed by atoms with Gasteiger partial charge < -0.3 is 10.1 Å². The van der Waals surface area contributed by atoms with Crippen molar-refractivity contribution in [3.05, 3.63) is 53.1 Å². The van der Waals surface area contributed by atoms with Crippen LogP contribution < -0.4 is 10.1 Å². The molecule has 2 rings (SSSR count). The largest absolute Gasteiger partial charge is 0.495 e. The number of hydrogen-bond acceptors (Lipinski definition) is 4. The second kappa shape index (κ2) is 7.86. The third-order valence-electron chi connectivity index (χ3n) is 3.53. The molecule has 0 fully saturated rings. The number of aryl methyl sites for hydroxylation is 1. The molecule has 8 heteroatoms. The van der Waals surface area contributed by atoms with Crippen molar-refractivity contribution in [3.63, 3.8) is 0 Å². The predicted molar refractivity (Wildman–Crippen MR) is 97.6 cm³/mol. The molecule has 0 saturated heterocycles. The van der Waals surface area contributed by atoms with Crippen molar-refractivity contribution >= 4 is 33.2 Å². The number of rotatable bonds is 6. The van der Waals surface area contributed by atoms with E-state index in [1.807, 2.05) is 6.92 Å². The molecule has 6 nitrogen and oxygen atoms in total. The molecular weight excluding hydrogens is 364 g/mol. The lowest BCUT2D eigenvalue weighted by atomic mass is 10.2. The van der Waals surface area contributed by atoms with Crippen molar-refractivity contribution in [2.45, 2.75) is 11.8 Å². The SMILES string of the molecule is COc1ccc(Cl)cc1NC(=O)CN(C)S(=O)(=O)c1ccc(C)cc1. The van der Waals surface area contributed by atoms with E-state index in [9.17, 15) is 13.2 Å². The third kappa shape index (κ3) is 4.72. The topological polar surface area (TPSA) is 75.7 Å². The first-order valence-corrected chi connectivity index (χ1v) is 9.22. The van der Waals surface area contributed by atoms with Gasteiger partial charge in [-0.1, -0.05) is 29.3 Å². The van der Waals surface area contributed by atoms with Crippen LogP contribution >= 0.6 is 11.6 Å². The fraction of sp³-hybridized carbons (Fsp3) is 0.235. The monoisotopic (exact) mass is 382 g/mol. The number of sulfonamides is 1. The minimum Gasteiger partial charge on any atom is -0.495 e. The first-order valence-electron chi connectivity index (χ1n) is 7.40. The van der Waals surface area contributed by atoms with Crippen LogP contribution in [-0.4, -0.2) is 39.3 Å². The molecule has 134 valence electrons. The number of methoxy groups -OCH3 is 1. The number of likely N-dealkylation sites (N-methyl/N-ethyl adjacent to an activating group) is 1. The molecule has 0 bridgehead atoms. The maximum Gasteiger partial charge on any atom is 0.243 e. The highest BCUT2D eigenvalue weighted by molar-refractivity contribution is 7.89. The first kappa shape index (κ1) is 19.2. The fourth-order valence-electron chi connectivity index (χ4n) is 2.15. The Labute approximate surface area is 152 Å². The molecule has 0 spiro atoms. The molecular formula is C17H19ClN2O4S. The number of carbonyl (C=O) groups is 1. The van der Waals surface area contributed by atoms with Crippen LogP contribution in [0, 0.1) is 6.92 Å². The first-order chi connectivity index (χ1) is 11.7. The van der Waals surface area contributed by atoms with Gasteiger partial charge in [-0.25, -0.2) is 8.42 Å². The second-order valence-corrected chi connectivity index (χ2v) is 7.95. The van der Waals surface area contributed by atoms with Gasteiger partial charge in [0.15, 0.2) is 0 Å². The molecule has 0 aliphatic carbocycles. The van der Waals surface area contributed by atoms with Crippen LogP contribution in [0.5, 0.6) is 5.75 Å². The van der Waals surface area contributed by atoms with Gasteiger partial charge in [0, 0.05) is 12.1 Å². The number of ether oxygens (including phenoxy) is 1. The zero-order valence-corrected chi connectivity index (χ0v) is 15.7. The molecule has 0 aliphatic rings. The third-order valence-corrected chi connectivity index (χ3v) is 5.58. The fourth-order valence-corrected chi connectivity index (χ4v) is 3.44. The van der Waals surface area contributed by atoms with E-state index in [4.69, 9.17) is 16.3 Å². The predicted octanol–water partition coefficient (Wildman–Crippen LogP) is 2.92. The summed E-state index contributed by atoms with van der Waals surface area (Å²) >= 11 is 5.92. The van der Waals surface area contributed by atoms with Crippen LogP contribution in [0.25, 0.3) is 0 Å². The van der Waals surface area contributed by atoms with Crippen molar-refractivity contribution in [1.82, 2.24) is 4.31 Å². The van der Waals surface area contributed by atoms with Gasteiger partial charge in [0.05, 0.1) is 24.2 Å². The molecule has 0 radical (unpaired) electrons. The Morgan fingerprint density at radius 1 is 1.20 bits per heavy atom. The van der Waals surface area contributed by atoms with Crippen LogP contribution in [0.3, 0.4) is 0 Å². The Morgan fingerprint density at radius 2 is 1.84 bits per heavy atom. The van der Waals surface area contributed by atoms with Crippen LogP contribution in [0.15, 0.2) is 47.4 Å². The summed E-state index contributed by atoms with van der Waals surface area (Å²) in [5.41, 5.74) is 1.33. The number of carbonyl (C=O) groups excluding carboxylic acids is 1. The molecule has 1 N–H and O–H groups in total. The average Bonchev–Trinajstić information content (AvgIpc) is 2.55. The summed E-state index contributed by atoms with van der Waals surface area (Å²) in [4.78, 5) is 12.4. The highest BCUT2D eigenvalue weighted by atomic mass is 35.5. The summed E-state index contributed by atoms with van der Waals surface area (Å²) in [6, 6.07) is 11.2. The molecule has 0 aromatic heterocycles. The minimum atomic E-state index is -3.75. The van der Waals surface area contributed by atoms with Gasteiger partial charge in [0.2, 0.25) is 15.9 Å². The Bertz CT molecular complexity index is 867. The zero-order valence-electron chi connectivity index (χ0n) is 14.1. The van der Waals surface area contributed by atoms with E-state index in [-0.39, 0.29) is 11.4 Å². The number of nitrogens with one attached hydrogen (secondary N) is 1. The smallest absolute Gasteiger partial charge is 0.243 e. The molecule has 2 aromatic carbocycles. The standard InChI is InChI=1S/C17H19ClN2O4S/c1-12-4-7-14(8-5-12)25(22,23)20(2)11-17(21)19-15-10-13(18)6-9-16(15)24-3/h4-10H,11H2,1-3H3,(H,19,21). The van der Waals surface area contributed by atoms with E-state index in [1.54, 1.807) is 24.3 Å². The van der Waals surface area contributed by atoms with Crippen LogP contribution in [0.2, 0.25) is 5.02 Å². The normalized spacial score (nSPS) is 11.4. The summed E-state index contributed by atoms with van der Waals surface area (Å²) < 4.78 is 31.2. The molecule has 0 heterocycles. The van der Waals surface area contributed by atoms with Gasteiger partial charge in [0.25, 0.3) is 0 Å². The number of halogens is 1. The lowest BCUT2D eigenvalue weighted by Crippen LogP contribution is -2.35. The van der Waals surface area contributed by atoms with Gasteiger partial charge in [-0.2, -0.15) is 4.31 Å². The van der Waals surface area contributed by atoms with E-state index in [1.165, 1.54) is 32.4 Å². The summed E-state index contributed by atoms with van der Waals surface area (Å²) in [5, 5.41) is 3.04. The molecule has 0 unspecified atom stereocenters. The number of anilines is 1. The second-order valence-electron chi connectivity index (χ2n) is 5.47. The van der Waals surface area contributed by atoms with Crippen molar-refractivity contribution in [1.29, 1.82) is 0 Å². The molecule has 0 atom stereocenters. The molecule has 0 saturated carbocycles. The Balaban J connectivity index is 2.12. The van der Waals surface area contributed by atoms with Gasteiger partial charge in [0.1, 0.15) is 5.75 Å². The summed E-state index contributed by atoms with van der Waals surface area (Å²) in [7, 11) is -0.935. The van der Waals surface area contributed by atoms with Gasteiger partial charge in [-0.15, -0.1) is 0 Å². The number of amides is 1. The molecule has 2 aromatic rings. The van der Waals surface area contributed by atoms with Crippen LogP contribution in [0.1, 0.15) is 5.56 Å². The van der Waals surface area contributed by atoms with Gasteiger partial charge in [-0.3, -0.25) is 4.79 Å². The van der Waals surface area contributed by atoms with Gasteiger partial charge >= 0.3 is 0 Å². The van der Waals surface area contributed by atoms with Crippen molar-refractivity contribution in [2.75, 3.05) is 26.0 Å². The Morgan fingerprint density at radius 3 is 2.44 bits per heavy atom. The number of nitrogens with zero attached hydrogens (tertiary/aromatic N) is 1. The molecule has 1 amide bonds. The van der Waals surface area contributed by atoms with Crippen molar-refractivity contribution in [3.8, 4) is 5.75 Å². The quantitative estimate of drug-likeness (QED) is 0.833. The van der Waals surface area contributed by atoms with Crippen molar-refractivity contribution < 1.29 is 17.9 Å². The minimum absolute atomic E-state index is 0.133. The molecule has 25 heavy (non-hydrogen) atoms. The van der Waals surface area contributed by atoms with E-state index in [0.29, 0.717) is 16.5 Å². The van der Waals surface area contributed by atoms with E-state index < -0.39 is 15.9 Å². The maximum absolute atomic E-state index is 12.5. The van der Waals surface area contributed by atoms with Crippen molar-refractivity contribution in [2.24, 2.45) is 0 Å². The summed E-state index contributed by atoms with van der Waals surface area (Å²) in [6.45, 7) is 1.53. The lowest BCUT2D eigenvalue weighted by molar-refractivity contribution is -0.116. The van der Waals surface area contributed by atoms with E-state index in [0.717, 1.165) is 9.87 Å².